The average Bonchev–Trinajstić information content (AvgIpc) is 3.76. The maximum atomic E-state index is 14.0. The van der Waals surface area contributed by atoms with E-state index in [-0.39, 0.29) is 31.9 Å². The molecule has 2 aromatic heterocycles. The first-order valence-electron chi connectivity index (χ1n) is 19.6. The fourth-order valence-corrected chi connectivity index (χ4v) is 7.65. The number of pyridine rings is 1. The van der Waals surface area contributed by atoms with Crippen LogP contribution < -0.4 is 14.5 Å². The molecule has 5 nitrogen and oxygen atoms in total. The Kier molecular flexibility index (Phi) is 10.4. The minimum absolute atomic E-state index is 0. The molecule has 306 valence electrons. The Bertz CT molecular complexity index is 2870. The number of hydrogen-bond acceptors (Lipinski definition) is 4. The molecular weight excluding hydrogens is 937 g/mol. The summed E-state index contributed by atoms with van der Waals surface area (Å²) in [4.78, 5) is 9.01. The molecule has 1 aliphatic rings. The molecule has 0 fully saturated rings. The van der Waals surface area contributed by atoms with Gasteiger partial charge in [-0.1, -0.05) is 102 Å². The summed E-state index contributed by atoms with van der Waals surface area (Å²) in [7, 11) is 0. The molecule has 3 heterocycles. The van der Waals surface area contributed by atoms with Gasteiger partial charge in [0.2, 0.25) is 0 Å². The zero-order chi connectivity index (χ0) is 41.3. The molecule has 0 radical (unpaired) electrons. The zero-order valence-corrected chi connectivity index (χ0v) is 36.3. The third kappa shape index (κ3) is 7.70. The van der Waals surface area contributed by atoms with Crippen molar-refractivity contribution in [2.75, 3.05) is 9.80 Å². The second-order valence-corrected chi connectivity index (χ2v) is 17.0. The Morgan fingerprint density at radius 1 is 0.583 bits per heavy atom. The Labute approximate surface area is 363 Å². The molecule has 6 aromatic carbocycles. The summed E-state index contributed by atoms with van der Waals surface area (Å²) >= 11 is 0. The van der Waals surface area contributed by atoms with Crippen LogP contribution in [0.2, 0.25) is 0 Å². The number of ether oxygens (including phenoxy) is 1. The van der Waals surface area contributed by atoms with Gasteiger partial charge in [-0.2, -0.15) is 25.3 Å². The van der Waals surface area contributed by atoms with Gasteiger partial charge in [0.15, 0.2) is 0 Å². The molecule has 0 amide bonds. The number of fused-ring (bicyclic) bond motifs is 4. The third-order valence-electron chi connectivity index (χ3n) is 10.9. The van der Waals surface area contributed by atoms with Crippen molar-refractivity contribution >= 4 is 44.6 Å². The van der Waals surface area contributed by atoms with E-state index >= 15 is 0 Å². The number of hydrogen-bond donors (Lipinski definition) is 0. The Morgan fingerprint density at radius 3 is 2.07 bits per heavy atom. The van der Waals surface area contributed by atoms with Gasteiger partial charge in [0.25, 0.3) is 0 Å². The van der Waals surface area contributed by atoms with Crippen LogP contribution in [0.5, 0.6) is 11.5 Å². The first kappa shape index (κ1) is 40.9. The van der Waals surface area contributed by atoms with E-state index in [0.717, 1.165) is 45.5 Å². The largest absolute Gasteiger partial charge is 0.509 e. The first-order valence-corrected chi connectivity index (χ1v) is 19.6. The molecule has 60 heavy (non-hydrogen) atoms. The predicted octanol–water partition coefficient (Wildman–Crippen LogP) is 14.3. The van der Waals surface area contributed by atoms with Crippen LogP contribution in [0.15, 0.2) is 140 Å². The normalized spacial score (nSPS) is 13.2. The Balaban J connectivity index is 0.00000499. The standard InChI is InChI=1S/C51H42F3N4O.Pt/c1-49(2,3)35-14-10-15-38(27-35)57-32-56(45-22-18-34(26-47(45)57)33-12-8-7-9-13-33)39-16-11-17-40(30-39)59-41-20-21-42-43-28-37(51(52,53)54)19-23-44(43)58(46(42)31-41)48-29-36(24-25-55-48)50(4,5)6;/h7-29,32H,1-6H3;/q-3;. The van der Waals surface area contributed by atoms with Crippen molar-refractivity contribution in [1.29, 1.82) is 0 Å². The molecule has 0 atom stereocenters. The summed E-state index contributed by atoms with van der Waals surface area (Å²) in [6.07, 6.45) is -2.76. The number of aromatic nitrogens is 2. The SMILES string of the molecule is CC(C)(C)c1cccc(N2[CH-]N(c3[c-]c(Oc4[c-]c5c(cc4)c4cc(C(F)(F)F)ccc4n5-c4cc(C(C)(C)C)ccn4)ccc3)c3ccc(-c4ccccc4)cc32)c1.[Pt]. The molecule has 0 saturated carbocycles. The topological polar surface area (TPSA) is 33.5 Å². The van der Waals surface area contributed by atoms with E-state index in [4.69, 9.17) is 4.74 Å². The van der Waals surface area contributed by atoms with Crippen molar-refractivity contribution in [3.8, 4) is 28.4 Å². The van der Waals surface area contributed by atoms with E-state index in [2.05, 4.69) is 130 Å². The minimum Gasteiger partial charge on any atom is -0.509 e. The Hall–Kier alpha value is -5.85. The van der Waals surface area contributed by atoms with Crippen LogP contribution in [-0.2, 0) is 38.1 Å². The quantitative estimate of drug-likeness (QED) is 0.156. The van der Waals surface area contributed by atoms with E-state index in [0.29, 0.717) is 39.1 Å². The molecule has 0 saturated heterocycles. The second-order valence-electron chi connectivity index (χ2n) is 17.0. The van der Waals surface area contributed by atoms with Crippen LogP contribution >= 0.6 is 0 Å². The van der Waals surface area contributed by atoms with Crippen molar-refractivity contribution < 1.29 is 39.0 Å². The van der Waals surface area contributed by atoms with Gasteiger partial charge in [0.1, 0.15) is 5.82 Å². The molecule has 0 aliphatic carbocycles. The number of nitrogens with zero attached hydrogens (tertiary/aromatic N) is 4. The van der Waals surface area contributed by atoms with E-state index < -0.39 is 11.7 Å². The van der Waals surface area contributed by atoms with Gasteiger partial charge in [-0.05, 0) is 87.0 Å². The number of alkyl halides is 3. The van der Waals surface area contributed by atoms with Crippen LogP contribution in [0.1, 0.15) is 58.2 Å². The van der Waals surface area contributed by atoms with Gasteiger partial charge in [-0.25, -0.2) is 4.98 Å². The summed E-state index contributed by atoms with van der Waals surface area (Å²) < 4.78 is 50.2. The van der Waals surface area contributed by atoms with Crippen molar-refractivity contribution in [2.45, 2.75) is 58.5 Å². The van der Waals surface area contributed by atoms with Crippen molar-refractivity contribution in [3.05, 3.63) is 175 Å². The van der Waals surface area contributed by atoms with Gasteiger partial charge >= 0.3 is 6.18 Å². The number of anilines is 4. The smallest absolute Gasteiger partial charge is 0.416 e. The zero-order valence-electron chi connectivity index (χ0n) is 34.0. The molecule has 9 rings (SSSR count). The summed E-state index contributed by atoms with van der Waals surface area (Å²) in [6, 6.07) is 49.4. The molecule has 0 spiro atoms. The average molecular weight is 979 g/mol. The molecule has 1 aliphatic heterocycles. The molecule has 0 N–H and O–H groups in total. The minimum atomic E-state index is -4.49. The maximum Gasteiger partial charge on any atom is 0.416 e. The van der Waals surface area contributed by atoms with E-state index in [1.807, 2.05) is 53.1 Å². The molecule has 8 aromatic rings. The van der Waals surface area contributed by atoms with Crippen LogP contribution in [0.25, 0.3) is 38.8 Å². The van der Waals surface area contributed by atoms with Crippen LogP contribution in [0.4, 0.5) is 35.9 Å². The molecule has 0 bridgehead atoms. The number of halogens is 3. The summed E-state index contributed by atoms with van der Waals surface area (Å²) in [5.74, 6) is 1.42. The molecule has 0 unspecified atom stereocenters. The van der Waals surface area contributed by atoms with Crippen molar-refractivity contribution in [2.24, 2.45) is 0 Å². The van der Waals surface area contributed by atoms with Gasteiger partial charge in [0.05, 0.1) is 5.56 Å². The summed E-state index contributed by atoms with van der Waals surface area (Å²) in [5.41, 5.74) is 8.55. The van der Waals surface area contributed by atoms with Gasteiger partial charge in [-0.3, -0.25) is 0 Å². The van der Waals surface area contributed by atoms with Gasteiger partial charge in [0, 0.05) is 61.3 Å². The number of benzene rings is 6. The fourth-order valence-electron chi connectivity index (χ4n) is 7.65. The van der Waals surface area contributed by atoms with Crippen molar-refractivity contribution in [3.63, 3.8) is 0 Å². The van der Waals surface area contributed by atoms with Gasteiger partial charge < -0.3 is 19.1 Å². The summed E-state index contributed by atoms with van der Waals surface area (Å²) in [6.45, 7) is 15.1. The van der Waals surface area contributed by atoms with E-state index in [1.165, 1.54) is 17.7 Å². The first-order chi connectivity index (χ1) is 28.1. The monoisotopic (exact) mass is 978 g/mol. The van der Waals surface area contributed by atoms with E-state index in [9.17, 15) is 13.2 Å². The maximum absolute atomic E-state index is 14.0. The van der Waals surface area contributed by atoms with Crippen LogP contribution in [-0.4, -0.2) is 9.55 Å². The van der Waals surface area contributed by atoms with Crippen LogP contribution in [0, 0.1) is 18.8 Å². The summed E-state index contributed by atoms with van der Waals surface area (Å²) in [5, 5.41) is 1.05. The second kappa shape index (κ2) is 15.3. The molecule has 9 heteroatoms. The predicted molar refractivity (Wildman–Crippen MR) is 232 cm³/mol. The number of rotatable bonds is 6. The van der Waals surface area contributed by atoms with Crippen LogP contribution in [0.3, 0.4) is 0 Å². The fraction of sp³-hybridized carbons (Fsp3) is 0.176. The Morgan fingerprint density at radius 2 is 1.32 bits per heavy atom. The van der Waals surface area contributed by atoms with E-state index in [1.54, 1.807) is 18.3 Å². The van der Waals surface area contributed by atoms with Gasteiger partial charge in [-0.15, -0.1) is 48.1 Å². The third-order valence-corrected chi connectivity index (χ3v) is 10.9. The molecular formula is C51H42F3N4OPt-3. The van der Waals surface area contributed by atoms with Crippen molar-refractivity contribution in [1.82, 2.24) is 9.55 Å².